The van der Waals surface area contributed by atoms with Crippen LogP contribution in [0.4, 0.5) is 4.79 Å². The van der Waals surface area contributed by atoms with Crippen LogP contribution in [0.15, 0.2) is 67.0 Å². The summed E-state index contributed by atoms with van der Waals surface area (Å²) in [7, 11) is 0. The zero-order valence-electron chi connectivity index (χ0n) is 16.8. The number of carbonyl (C=O) groups excluding carboxylic acids is 2. The molecule has 2 amide bonds. The fraction of sp³-hybridized carbons (Fsp3) is 0.261. The molecule has 29 heavy (non-hydrogen) atoms. The topological polar surface area (TPSA) is 80.3 Å². The fourth-order valence-corrected chi connectivity index (χ4v) is 3.00. The molecular weight excluding hydrogens is 366 g/mol. The quantitative estimate of drug-likeness (QED) is 0.682. The minimum absolute atomic E-state index is 0.214. The molecule has 1 atom stereocenters. The molecule has 2 aromatic carbocycles. The number of nitrogens with zero attached hydrogens (tertiary/aromatic N) is 1. The summed E-state index contributed by atoms with van der Waals surface area (Å²) in [5, 5.41) is 7.50. The van der Waals surface area contributed by atoms with Crippen LogP contribution in [0.3, 0.4) is 0 Å². The van der Waals surface area contributed by atoms with Crippen molar-refractivity contribution in [3.8, 4) is 0 Å². The van der Waals surface area contributed by atoms with E-state index in [2.05, 4.69) is 15.6 Å². The average Bonchev–Trinajstić information content (AvgIpc) is 2.69. The van der Waals surface area contributed by atoms with Crippen molar-refractivity contribution in [2.45, 2.75) is 32.4 Å². The van der Waals surface area contributed by atoms with E-state index in [9.17, 15) is 9.59 Å². The van der Waals surface area contributed by atoms with Crippen molar-refractivity contribution >= 4 is 22.8 Å². The Hall–Kier alpha value is -3.41. The Bertz CT molecular complexity index is 992. The molecule has 0 saturated heterocycles. The minimum Gasteiger partial charge on any atom is -0.444 e. The summed E-state index contributed by atoms with van der Waals surface area (Å²) in [6.45, 7) is 5.65. The number of hydrogen-bond donors (Lipinski definition) is 2. The van der Waals surface area contributed by atoms with Crippen molar-refractivity contribution in [3.05, 3.63) is 78.1 Å². The normalized spacial score (nSPS) is 12.2. The zero-order valence-corrected chi connectivity index (χ0v) is 16.8. The van der Waals surface area contributed by atoms with Gasteiger partial charge in [0.1, 0.15) is 5.60 Å². The highest BCUT2D eigenvalue weighted by molar-refractivity contribution is 6.06. The van der Waals surface area contributed by atoms with Crippen LogP contribution in [-0.4, -0.2) is 29.1 Å². The summed E-state index contributed by atoms with van der Waals surface area (Å²) in [5.41, 5.74) is 0.834. The summed E-state index contributed by atoms with van der Waals surface area (Å²) in [6.07, 6.45) is 2.86. The number of fused-ring (bicyclic) bond motifs is 1. The molecule has 0 fully saturated rings. The molecule has 150 valence electrons. The first-order valence-electron chi connectivity index (χ1n) is 9.49. The molecule has 6 heteroatoms. The van der Waals surface area contributed by atoms with Gasteiger partial charge in [-0.05, 0) is 43.9 Å². The van der Waals surface area contributed by atoms with Gasteiger partial charge in [0.15, 0.2) is 0 Å². The molecule has 1 heterocycles. The lowest BCUT2D eigenvalue weighted by Gasteiger charge is -2.24. The lowest BCUT2D eigenvalue weighted by Crippen LogP contribution is -2.40. The van der Waals surface area contributed by atoms with Gasteiger partial charge in [0, 0.05) is 29.9 Å². The molecule has 0 spiro atoms. The zero-order chi connectivity index (χ0) is 20.9. The standard InChI is InChI=1S/C23H25N3O3/c1-23(2,3)29-22(28)26-20(16-8-5-4-6-9-16)15-25-21(27)19-11-7-10-17-14-24-13-12-18(17)19/h4-14,20H,15H2,1-3H3,(H,25,27)(H,26,28). The van der Waals surface area contributed by atoms with Crippen LogP contribution in [-0.2, 0) is 4.74 Å². The van der Waals surface area contributed by atoms with Gasteiger partial charge in [-0.25, -0.2) is 4.79 Å². The third-order valence-electron chi connectivity index (χ3n) is 4.29. The Balaban J connectivity index is 1.75. The predicted octanol–water partition coefficient (Wildman–Crippen LogP) is 4.23. The maximum absolute atomic E-state index is 12.8. The predicted molar refractivity (Wildman–Crippen MR) is 113 cm³/mol. The van der Waals surface area contributed by atoms with E-state index in [4.69, 9.17) is 4.74 Å². The first kappa shape index (κ1) is 20.3. The number of nitrogens with one attached hydrogen (secondary N) is 2. The van der Waals surface area contributed by atoms with E-state index >= 15 is 0 Å². The molecule has 0 saturated carbocycles. The summed E-state index contributed by atoms with van der Waals surface area (Å²) in [6, 6.07) is 16.4. The molecule has 0 aliphatic rings. The Morgan fingerprint density at radius 2 is 1.79 bits per heavy atom. The molecule has 3 aromatic rings. The number of hydrogen-bond acceptors (Lipinski definition) is 4. The smallest absolute Gasteiger partial charge is 0.408 e. The van der Waals surface area contributed by atoms with E-state index < -0.39 is 17.7 Å². The molecule has 1 unspecified atom stereocenters. The van der Waals surface area contributed by atoms with Crippen molar-refractivity contribution in [2.24, 2.45) is 0 Å². The first-order chi connectivity index (χ1) is 13.8. The second-order valence-corrected chi connectivity index (χ2v) is 7.72. The van der Waals surface area contributed by atoms with Gasteiger partial charge in [-0.1, -0.05) is 42.5 Å². The minimum atomic E-state index is -0.606. The summed E-state index contributed by atoms with van der Waals surface area (Å²) < 4.78 is 5.37. The molecule has 1 aromatic heterocycles. The fourth-order valence-electron chi connectivity index (χ4n) is 3.00. The summed E-state index contributed by atoms with van der Waals surface area (Å²) >= 11 is 0. The van der Waals surface area contributed by atoms with E-state index in [1.54, 1.807) is 39.2 Å². The maximum atomic E-state index is 12.8. The van der Waals surface area contributed by atoms with Gasteiger partial charge < -0.3 is 15.4 Å². The van der Waals surface area contributed by atoms with E-state index in [-0.39, 0.29) is 12.5 Å². The van der Waals surface area contributed by atoms with Gasteiger partial charge in [-0.15, -0.1) is 0 Å². The molecule has 0 aliphatic heterocycles. The summed E-state index contributed by atoms with van der Waals surface area (Å²) in [5.74, 6) is -0.214. The van der Waals surface area contributed by atoms with Crippen LogP contribution in [0.1, 0.15) is 42.7 Å². The van der Waals surface area contributed by atoms with E-state index in [1.165, 1.54) is 0 Å². The van der Waals surface area contributed by atoms with Crippen molar-refractivity contribution in [3.63, 3.8) is 0 Å². The Kier molecular flexibility index (Phi) is 6.12. The SMILES string of the molecule is CC(C)(C)OC(=O)NC(CNC(=O)c1cccc2cnccc12)c1ccccc1. The van der Waals surface area contributed by atoms with E-state index in [1.807, 2.05) is 48.5 Å². The highest BCUT2D eigenvalue weighted by Crippen LogP contribution is 2.18. The van der Waals surface area contributed by atoms with Gasteiger partial charge in [0.05, 0.1) is 6.04 Å². The Morgan fingerprint density at radius 3 is 2.52 bits per heavy atom. The number of aromatic nitrogens is 1. The van der Waals surface area contributed by atoms with Crippen molar-refractivity contribution in [2.75, 3.05) is 6.54 Å². The van der Waals surface area contributed by atoms with Crippen molar-refractivity contribution < 1.29 is 14.3 Å². The Labute approximate surface area is 170 Å². The number of rotatable bonds is 5. The van der Waals surface area contributed by atoms with Crippen LogP contribution < -0.4 is 10.6 Å². The van der Waals surface area contributed by atoms with Crippen LogP contribution in [0, 0.1) is 0 Å². The van der Waals surface area contributed by atoms with Crippen LogP contribution >= 0.6 is 0 Å². The lowest BCUT2D eigenvalue weighted by molar-refractivity contribution is 0.0501. The van der Waals surface area contributed by atoms with Gasteiger partial charge in [-0.2, -0.15) is 0 Å². The molecule has 0 bridgehead atoms. The second kappa shape index (κ2) is 8.73. The number of ether oxygens (including phenoxy) is 1. The largest absolute Gasteiger partial charge is 0.444 e. The number of amides is 2. The van der Waals surface area contributed by atoms with Crippen LogP contribution in [0.25, 0.3) is 10.8 Å². The molecule has 6 nitrogen and oxygen atoms in total. The van der Waals surface area contributed by atoms with Crippen LogP contribution in [0.2, 0.25) is 0 Å². The third kappa shape index (κ3) is 5.54. The molecule has 2 N–H and O–H groups in total. The van der Waals surface area contributed by atoms with Gasteiger partial charge in [-0.3, -0.25) is 9.78 Å². The molecule has 3 rings (SSSR count). The van der Waals surface area contributed by atoms with E-state index in [0.29, 0.717) is 5.56 Å². The molecular formula is C23H25N3O3. The number of benzene rings is 2. The lowest BCUT2D eigenvalue weighted by atomic mass is 10.0. The number of pyridine rings is 1. The van der Waals surface area contributed by atoms with Gasteiger partial charge in [0.2, 0.25) is 0 Å². The molecule has 0 aliphatic carbocycles. The number of alkyl carbamates (subject to hydrolysis) is 1. The van der Waals surface area contributed by atoms with Crippen molar-refractivity contribution in [1.82, 2.24) is 15.6 Å². The van der Waals surface area contributed by atoms with Crippen molar-refractivity contribution in [1.29, 1.82) is 0 Å². The van der Waals surface area contributed by atoms with Crippen LogP contribution in [0.5, 0.6) is 0 Å². The maximum Gasteiger partial charge on any atom is 0.408 e. The summed E-state index contributed by atoms with van der Waals surface area (Å²) in [4.78, 5) is 29.2. The highest BCUT2D eigenvalue weighted by atomic mass is 16.6. The van der Waals surface area contributed by atoms with E-state index in [0.717, 1.165) is 16.3 Å². The average molecular weight is 391 g/mol. The monoisotopic (exact) mass is 391 g/mol. The number of carbonyl (C=O) groups is 2. The third-order valence-corrected chi connectivity index (χ3v) is 4.29. The molecule has 0 radical (unpaired) electrons. The van der Waals surface area contributed by atoms with Gasteiger partial charge in [0.25, 0.3) is 5.91 Å². The Morgan fingerprint density at radius 1 is 1.03 bits per heavy atom. The second-order valence-electron chi connectivity index (χ2n) is 7.72. The first-order valence-corrected chi connectivity index (χ1v) is 9.49. The van der Waals surface area contributed by atoms with Gasteiger partial charge >= 0.3 is 6.09 Å². The highest BCUT2D eigenvalue weighted by Gasteiger charge is 2.21.